The van der Waals surface area contributed by atoms with E-state index >= 15 is 0 Å². The number of carbonyl (C=O) groups is 1. The van der Waals surface area contributed by atoms with Crippen LogP contribution in [0.2, 0.25) is 0 Å². The van der Waals surface area contributed by atoms with Gasteiger partial charge in [-0.25, -0.2) is 0 Å². The lowest BCUT2D eigenvalue weighted by molar-refractivity contribution is -0.140. The minimum Gasteiger partial charge on any atom is -0.490 e. The van der Waals surface area contributed by atoms with Crippen LogP contribution in [0.3, 0.4) is 0 Å². The van der Waals surface area contributed by atoms with E-state index in [4.69, 9.17) is 9.47 Å². The molecule has 0 heterocycles. The third kappa shape index (κ3) is 8.58. The number of methoxy groups -OCH3 is 1. The van der Waals surface area contributed by atoms with Crippen molar-refractivity contribution in [3.05, 3.63) is 53.1 Å². The van der Waals surface area contributed by atoms with Crippen LogP contribution in [-0.2, 0) is 9.53 Å². The van der Waals surface area contributed by atoms with Crippen LogP contribution in [0.15, 0.2) is 47.6 Å². The van der Waals surface area contributed by atoms with Crippen molar-refractivity contribution in [2.45, 2.75) is 52.9 Å². The van der Waals surface area contributed by atoms with Crippen LogP contribution >= 0.6 is 0 Å². The van der Waals surface area contributed by atoms with Crippen LogP contribution in [0, 0.1) is 11.8 Å². The Morgan fingerprint density at radius 1 is 1.15 bits per heavy atom. The number of hydrogen-bond acceptors (Lipinski definition) is 3. The zero-order chi connectivity index (χ0) is 19.4. The lowest BCUT2D eigenvalue weighted by Crippen LogP contribution is -2.07. The van der Waals surface area contributed by atoms with E-state index in [2.05, 4.69) is 44.8 Å². The Hall–Kier alpha value is -2.47. The summed E-state index contributed by atoms with van der Waals surface area (Å²) in [4.78, 5) is 11.5. The molecule has 0 amide bonds. The molecule has 1 rings (SSSR count). The number of esters is 1. The number of hydrogen-bond donors (Lipinski definition) is 0. The number of allylic oxidation sites excluding steroid dienone is 3. The largest absolute Gasteiger partial charge is 0.490 e. The summed E-state index contributed by atoms with van der Waals surface area (Å²) >= 11 is 0. The summed E-state index contributed by atoms with van der Waals surface area (Å²) in [5.41, 5.74) is 3.67. The van der Waals surface area contributed by atoms with Crippen LogP contribution in [0.4, 0.5) is 0 Å². The summed E-state index contributed by atoms with van der Waals surface area (Å²) in [5.74, 6) is 6.34. The van der Waals surface area contributed by atoms with E-state index < -0.39 is 0 Å². The summed E-state index contributed by atoms with van der Waals surface area (Å²) < 4.78 is 10.5. The average molecular weight is 354 g/mol. The van der Waals surface area contributed by atoms with Crippen LogP contribution < -0.4 is 4.74 Å². The molecule has 3 nitrogen and oxygen atoms in total. The Labute approximate surface area is 158 Å². The Kier molecular flexibility index (Phi) is 9.94. The molecule has 0 aliphatic rings. The highest BCUT2D eigenvalue weighted by molar-refractivity contribution is 5.71. The van der Waals surface area contributed by atoms with Crippen molar-refractivity contribution in [3.63, 3.8) is 0 Å². The molecule has 1 aromatic carbocycles. The number of ether oxygens (including phenoxy) is 2. The van der Waals surface area contributed by atoms with Crippen LogP contribution in [0.25, 0.3) is 0 Å². The Morgan fingerprint density at radius 3 is 2.42 bits per heavy atom. The standard InChI is InChI=1S/C23H30O3/c1-6-8-21(17-23(24)25-5)20-11-13-22(14-12-20)26-16-15-19(4)10-7-9-18(2)3/h9,11-15,21H,7,10,16-17H2,1-5H3/b19-15-. The fourth-order valence-corrected chi connectivity index (χ4v) is 2.44. The first-order valence-electron chi connectivity index (χ1n) is 8.97. The molecule has 0 aliphatic carbocycles. The molecule has 0 spiro atoms. The average Bonchev–Trinajstić information content (AvgIpc) is 2.61. The second-order valence-electron chi connectivity index (χ2n) is 6.48. The van der Waals surface area contributed by atoms with Gasteiger partial charge in [-0.2, -0.15) is 0 Å². The molecule has 0 saturated carbocycles. The summed E-state index contributed by atoms with van der Waals surface area (Å²) in [6.07, 6.45) is 6.75. The normalized spacial score (nSPS) is 11.8. The maximum atomic E-state index is 11.5. The zero-order valence-electron chi connectivity index (χ0n) is 16.6. The zero-order valence-corrected chi connectivity index (χ0v) is 16.6. The highest BCUT2D eigenvalue weighted by atomic mass is 16.5. The van der Waals surface area contributed by atoms with Gasteiger partial charge in [0, 0.05) is 0 Å². The quantitative estimate of drug-likeness (QED) is 0.337. The molecular formula is C23H30O3. The van der Waals surface area contributed by atoms with E-state index in [1.165, 1.54) is 18.3 Å². The van der Waals surface area contributed by atoms with Gasteiger partial charge in [0.25, 0.3) is 0 Å². The monoisotopic (exact) mass is 354 g/mol. The molecule has 0 aliphatic heterocycles. The van der Waals surface area contributed by atoms with E-state index in [9.17, 15) is 4.79 Å². The first-order valence-corrected chi connectivity index (χ1v) is 8.97. The van der Waals surface area contributed by atoms with Gasteiger partial charge in [0.15, 0.2) is 0 Å². The van der Waals surface area contributed by atoms with E-state index in [0.717, 1.165) is 24.2 Å². The van der Waals surface area contributed by atoms with Gasteiger partial charge in [-0.05, 0) is 64.3 Å². The predicted molar refractivity (Wildman–Crippen MR) is 107 cm³/mol. The molecule has 140 valence electrons. The third-order valence-electron chi connectivity index (χ3n) is 3.97. The fraction of sp³-hybridized carbons (Fsp3) is 0.435. The smallest absolute Gasteiger partial charge is 0.307 e. The molecule has 0 bridgehead atoms. The van der Waals surface area contributed by atoms with Gasteiger partial charge in [0.2, 0.25) is 0 Å². The minimum absolute atomic E-state index is 0.154. The highest BCUT2D eigenvalue weighted by Crippen LogP contribution is 2.22. The van der Waals surface area contributed by atoms with E-state index in [0.29, 0.717) is 6.61 Å². The van der Waals surface area contributed by atoms with Crippen molar-refractivity contribution in [1.82, 2.24) is 0 Å². The topological polar surface area (TPSA) is 35.5 Å². The van der Waals surface area contributed by atoms with E-state index in [-0.39, 0.29) is 18.3 Å². The molecule has 0 radical (unpaired) electrons. The second kappa shape index (κ2) is 12.0. The SMILES string of the molecule is CC#CC(CC(=O)OC)c1ccc(OC/C=C(/C)CCC=C(C)C)cc1. The van der Waals surface area contributed by atoms with Crippen molar-refractivity contribution in [2.24, 2.45) is 0 Å². The summed E-state index contributed by atoms with van der Waals surface area (Å²) in [6.45, 7) is 8.70. The second-order valence-corrected chi connectivity index (χ2v) is 6.48. The molecule has 0 fully saturated rings. The van der Waals surface area contributed by atoms with Gasteiger partial charge < -0.3 is 9.47 Å². The highest BCUT2D eigenvalue weighted by Gasteiger charge is 2.14. The van der Waals surface area contributed by atoms with Gasteiger partial charge in [0.1, 0.15) is 12.4 Å². The number of rotatable bonds is 9. The maximum absolute atomic E-state index is 11.5. The first kappa shape index (κ1) is 21.6. The van der Waals surface area contributed by atoms with Gasteiger partial charge in [-0.1, -0.05) is 35.3 Å². The third-order valence-corrected chi connectivity index (χ3v) is 3.97. The van der Waals surface area contributed by atoms with Crippen molar-refractivity contribution >= 4 is 5.97 Å². The van der Waals surface area contributed by atoms with Gasteiger partial charge >= 0.3 is 5.97 Å². The summed E-state index contributed by atoms with van der Waals surface area (Å²) in [7, 11) is 1.39. The van der Waals surface area contributed by atoms with Crippen molar-refractivity contribution in [3.8, 4) is 17.6 Å². The molecule has 26 heavy (non-hydrogen) atoms. The molecule has 0 N–H and O–H groups in total. The van der Waals surface area contributed by atoms with E-state index in [1.807, 2.05) is 24.3 Å². The van der Waals surface area contributed by atoms with Crippen molar-refractivity contribution in [2.75, 3.05) is 13.7 Å². The van der Waals surface area contributed by atoms with E-state index in [1.54, 1.807) is 6.92 Å². The first-order chi connectivity index (χ1) is 12.5. The van der Waals surface area contributed by atoms with Crippen molar-refractivity contribution in [1.29, 1.82) is 0 Å². The lowest BCUT2D eigenvalue weighted by Gasteiger charge is -2.11. The number of carbonyl (C=O) groups excluding carboxylic acids is 1. The molecule has 3 heteroatoms. The molecule has 1 aromatic rings. The fourth-order valence-electron chi connectivity index (χ4n) is 2.44. The molecule has 0 aromatic heterocycles. The number of benzene rings is 1. The van der Waals surface area contributed by atoms with Gasteiger partial charge in [0.05, 0.1) is 19.4 Å². The van der Waals surface area contributed by atoms with Crippen LogP contribution in [0.5, 0.6) is 5.75 Å². The molecule has 1 unspecified atom stereocenters. The summed E-state index contributed by atoms with van der Waals surface area (Å²) in [5, 5.41) is 0. The predicted octanol–water partition coefficient (Wildman–Crippen LogP) is 5.43. The minimum atomic E-state index is -0.258. The molecule has 0 saturated heterocycles. The maximum Gasteiger partial charge on any atom is 0.307 e. The molecular weight excluding hydrogens is 324 g/mol. The Balaban J connectivity index is 2.59. The summed E-state index contributed by atoms with van der Waals surface area (Å²) in [6, 6.07) is 7.75. The van der Waals surface area contributed by atoms with Crippen molar-refractivity contribution < 1.29 is 14.3 Å². The lowest BCUT2D eigenvalue weighted by atomic mass is 9.96. The van der Waals surface area contributed by atoms with Crippen LogP contribution in [0.1, 0.15) is 58.4 Å². The Morgan fingerprint density at radius 2 is 1.85 bits per heavy atom. The van der Waals surface area contributed by atoms with Gasteiger partial charge in [-0.3, -0.25) is 4.79 Å². The Bertz CT molecular complexity index is 680. The van der Waals surface area contributed by atoms with Crippen LogP contribution in [-0.4, -0.2) is 19.7 Å². The molecule has 1 atom stereocenters. The van der Waals surface area contributed by atoms with Gasteiger partial charge in [-0.15, -0.1) is 5.92 Å².